The first kappa shape index (κ1) is 11.6. The zero-order chi connectivity index (χ0) is 11.6. The summed E-state index contributed by atoms with van der Waals surface area (Å²) in [6, 6.07) is 0. The van der Waals surface area contributed by atoms with Crippen molar-refractivity contribution in [2.75, 3.05) is 0 Å². The molecule has 0 aliphatic rings. The summed E-state index contributed by atoms with van der Waals surface area (Å²) in [7, 11) is 0. The lowest BCUT2D eigenvalue weighted by Crippen LogP contribution is -2.25. The summed E-state index contributed by atoms with van der Waals surface area (Å²) in [6.07, 6.45) is 1.61. The third-order valence-corrected chi connectivity index (χ3v) is 2.11. The predicted molar refractivity (Wildman–Crippen MR) is 53.6 cm³/mol. The van der Waals surface area contributed by atoms with Crippen LogP contribution in [0, 0.1) is 5.92 Å². The Labute approximate surface area is 88.1 Å². The Bertz CT molecular complexity index is 353. The maximum atomic E-state index is 10.8. The topological polar surface area (TPSA) is 94.0 Å². The third kappa shape index (κ3) is 3.02. The lowest BCUT2D eigenvalue weighted by molar-refractivity contribution is -0.121. The number of carbonyl (C=O) groups excluding carboxylic acids is 1. The second kappa shape index (κ2) is 3.98. The van der Waals surface area contributed by atoms with E-state index in [0.29, 0.717) is 12.2 Å². The summed E-state index contributed by atoms with van der Waals surface area (Å²) in [5.74, 6) is -0.684. The van der Waals surface area contributed by atoms with Gasteiger partial charge in [0.25, 0.3) is 0 Å². The van der Waals surface area contributed by atoms with Gasteiger partial charge in [-0.1, -0.05) is 12.1 Å². The third-order valence-electron chi connectivity index (χ3n) is 2.11. The molecule has 0 saturated carbocycles. The number of hydrogen-bond acceptors (Lipinski definition) is 4. The standard InChI is InChI=1S/C9H16N4O2/c1-6(8(10)14)4-13-5-7(11-12-13)9(2,3)15/h5-6,15H,4H2,1-3H3,(H2,10,14). The number of primary amides is 1. The van der Waals surface area contributed by atoms with Gasteiger partial charge in [0, 0.05) is 0 Å². The van der Waals surface area contributed by atoms with Crippen molar-refractivity contribution in [1.29, 1.82) is 0 Å². The second-order valence-electron chi connectivity index (χ2n) is 4.19. The molecule has 0 aliphatic carbocycles. The van der Waals surface area contributed by atoms with E-state index < -0.39 is 5.60 Å². The Morgan fingerprint density at radius 2 is 2.33 bits per heavy atom. The van der Waals surface area contributed by atoms with E-state index in [4.69, 9.17) is 5.73 Å². The van der Waals surface area contributed by atoms with Gasteiger partial charge in [-0.05, 0) is 13.8 Å². The molecule has 0 aromatic carbocycles. The maximum absolute atomic E-state index is 10.8. The molecule has 0 spiro atoms. The molecule has 0 saturated heterocycles. The lowest BCUT2D eigenvalue weighted by atomic mass is 10.1. The van der Waals surface area contributed by atoms with Crippen LogP contribution < -0.4 is 5.73 Å². The van der Waals surface area contributed by atoms with Crippen LogP contribution in [0.5, 0.6) is 0 Å². The first-order valence-corrected chi connectivity index (χ1v) is 4.73. The molecule has 0 radical (unpaired) electrons. The lowest BCUT2D eigenvalue weighted by Gasteiger charge is -2.12. The molecule has 1 aromatic heterocycles. The van der Waals surface area contributed by atoms with E-state index in [2.05, 4.69) is 10.3 Å². The van der Waals surface area contributed by atoms with E-state index in [1.807, 2.05) is 0 Å². The minimum absolute atomic E-state index is 0.304. The molecular formula is C9H16N4O2. The normalized spacial score (nSPS) is 13.9. The predicted octanol–water partition coefficient (Wildman–Crippen LogP) is -0.373. The van der Waals surface area contributed by atoms with E-state index in [1.54, 1.807) is 27.0 Å². The summed E-state index contributed by atoms with van der Waals surface area (Å²) in [4.78, 5) is 10.8. The van der Waals surface area contributed by atoms with E-state index in [1.165, 1.54) is 4.68 Å². The Kier molecular flexibility index (Phi) is 3.09. The highest BCUT2D eigenvalue weighted by atomic mass is 16.3. The molecule has 0 aliphatic heterocycles. The van der Waals surface area contributed by atoms with Gasteiger partial charge >= 0.3 is 0 Å². The Morgan fingerprint density at radius 1 is 1.73 bits per heavy atom. The van der Waals surface area contributed by atoms with Gasteiger partial charge in [-0.25, -0.2) is 0 Å². The van der Waals surface area contributed by atoms with Crippen LogP contribution in [-0.2, 0) is 16.9 Å². The van der Waals surface area contributed by atoms with Crippen LogP contribution in [0.15, 0.2) is 6.20 Å². The monoisotopic (exact) mass is 212 g/mol. The Hall–Kier alpha value is -1.43. The zero-order valence-electron chi connectivity index (χ0n) is 9.14. The van der Waals surface area contributed by atoms with Crippen LogP contribution in [-0.4, -0.2) is 26.0 Å². The molecule has 1 atom stereocenters. The first-order valence-electron chi connectivity index (χ1n) is 4.73. The summed E-state index contributed by atoms with van der Waals surface area (Å²) in [5, 5.41) is 17.3. The van der Waals surface area contributed by atoms with Crippen molar-refractivity contribution in [2.24, 2.45) is 11.7 Å². The number of aliphatic hydroxyl groups is 1. The van der Waals surface area contributed by atoms with Gasteiger partial charge in [-0.15, -0.1) is 5.10 Å². The SMILES string of the molecule is CC(Cn1cc(C(C)(C)O)nn1)C(N)=O. The van der Waals surface area contributed by atoms with Crippen molar-refractivity contribution in [3.8, 4) is 0 Å². The van der Waals surface area contributed by atoms with Crippen LogP contribution >= 0.6 is 0 Å². The smallest absolute Gasteiger partial charge is 0.222 e. The average Bonchev–Trinajstić information content (AvgIpc) is 2.51. The molecule has 15 heavy (non-hydrogen) atoms. The summed E-state index contributed by atoms with van der Waals surface area (Å²) >= 11 is 0. The number of rotatable bonds is 4. The summed E-state index contributed by atoms with van der Waals surface area (Å²) < 4.78 is 1.50. The van der Waals surface area contributed by atoms with Crippen molar-refractivity contribution < 1.29 is 9.90 Å². The van der Waals surface area contributed by atoms with E-state index in [0.717, 1.165) is 0 Å². The van der Waals surface area contributed by atoms with E-state index in [9.17, 15) is 9.90 Å². The zero-order valence-corrected chi connectivity index (χ0v) is 9.14. The molecule has 1 rings (SSSR count). The molecule has 6 nitrogen and oxygen atoms in total. The number of nitrogens with two attached hydrogens (primary N) is 1. The molecular weight excluding hydrogens is 196 g/mol. The molecule has 84 valence electrons. The van der Waals surface area contributed by atoms with Gasteiger partial charge in [-0.3, -0.25) is 9.48 Å². The number of hydrogen-bond donors (Lipinski definition) is 2. The quantitative estimate of drug-likeness (QED) is 0.711. The number of nitrogens with zero attached hydrogens (tertiary/aromatic N) is 3. The van der Waals surface area contributed by atoms with Crippen LogP contribution in [0.25, 0.3) is 0 Å². The largest absolute Gasteiger partial charge is 0.384 e. The molecule has 0 bridgehead atoms. The second-order valence-corrected chi connectivity index (χ2v) is 4.19. The highest BCUT2D eigenvalue weighted by Gasteiger charge is 2.20. The van der Waals surface area contributed by atoms with Gasteiger partial charge in [0.1, 0.15) is 11.3 Å². The average molecular weight is 212 g/mol. The summed E-state index contributed by atoms with van der Waals surface area (Å²) in [6.45, 7) is 5.34. The van der Waals surface area contributed by atoms with Gasteiger partial charge in [0.05, 0.1) is 18.7 Å². The summed E-state index contributed by atoms with van der Waals surface area (Å²) in [5.41, 5.74) is 4.58. The Balaban J connectivity index is 2.73. The fourth-order valence-electron chi connectivity index (χ4n) is 1.04. The first-order chi connectivity index (χ1) is 6.80. The molecule has 1 unspecified atom stereocenters. The molecule has 6 heteroatoms. The van der Waals surface area contributed by atoms with Gasteiger partial charge in [-0.2, -0.15) is 0 Å². The van der Waals surface area contributed by atoms with Crippen molar-refractivity contribution in [2.45, 2.75) is 32.9 Å². The molecule has 1 aromatic rings. The minimum Gasteiger partial charge on any atom is -0.384 e. The molecule has 3 N–H and O–H groups in total. The van der Waals surface area contributed by atoms with Crippen molar-refractivity contribution >= 4 is 5.91 Å². The van der Waals surface area contributed by atoms with Gasteiger partial charge in [0.15, 0.2) is 0 Å². The fraction of sp³-hybridized carbons (Fsp3) is 0.667. The van der Waals surface area contributed by atoms with Gasteiger partial charge in [0.2, 0.25) is 5.91 Å². The van der Waals surface area contributed by atoms with Crippen LogP contribution in [0.2, 0.25) is 0 Å². The van der Waals surface area contributed by atoms with E-state index >= 15 is 0 Å². The Morgan fingerprint density at radius 3 is 2.73 bits per heavy atom. The van der Waals surface area contributed by atoms with Crippen LogP contribution in [0.3, 0.4) is 0 Å². The van der Waals surface area contributed by atoms with Gasteiger partial charge < -0.3 is 10.8 Å². The fourth-order valence-corrected chi connectivity index (χ4v) is 1.04. The number of aromatic nitrogens is 3. The highest BCUT2D eigenvalue weighted by Crippen LogP contribution is 2.15. The highest BCUT2D eigenvalue weighted by molar-refractivity contribution is 5.76. The molecule has 1 amide bonds. The van der Waals surface area contributed by atoms with Crippen LogP contribution in [0.4, 0.5) is 0 Å². The number of carbonyl (C=O) groups is 1. The van der Waals surface area contributed by atoms with Crippen molar-refractivity contribution in [1.82, 2.24) is 15.0 Å². The molecule has 0 fully saturated rings. The molecule has 1 heterocycles. The van der Waals surface area contributed by atoms with Crippen LogP contribution in [0.1, 0.15) is 26.5 Å². The maximum Gasteiger partial charge on any atom is 0.222 e. The van der Waals surface area contributed by atoms with E-state index in [-0.39, 0.29) is 11.8 Å². The minimum atomic E-state index is -1.02. The number of amides is 1. The van der Waals surface area contributed by atoms with Crippen molar-refractivity contribution in [3.63, 3.8) is 0 Å². The van der Waals surface area contributed by atoms with Crippen molar-refractivity contribution in [3.05, 3.63) is 11.9 Å².